The van der Waals surface area contributed by atoms with E-state index in [-0.39, 0.29) is 36.0 Å². The van der Waals surface area contributed by atoms with Crippen LogP contribution < -0.4 is 9.64 Å². The summed E-state index contributed by atoms with van der Waals surface area (Å²) in [6, 6.07) is 11.3. The molecule has 1 unspecified atom stereocenters. The van der Waals surface area contributed by atoms with E-state index >= 15 is 0 Å². The average molecular weight is 463 g/mol. The van der Waals surface area contributed by atoms with E-state index in [0.717, 1.165) is 0 Å². The first-order chi connectivity index (χ1) is 15.3. The van der Waals surface area contributed by atoms with Crippen LogP contribution in [0.1, 0.15) is 18.9 Å². The van der Waals surface area contributed by atoms with Gasteiger partial charge in [-0.2, -0.15) is 0 Å². The summed E-state index contributed by atoms with van der Waals surface area (Å²) in [4.78, 5) is 39.9. The largest absolute Gasteiger partial charge is 0.494 e. The molecule has 0 aliphatic carbocycles. The van der Waals surface area contributed by atoms with Crippen molar-refractivity contribution in [1.82, 2.24) is 4.90 Å². The lowest BCUT2D eigenvalue weighted by molar-refractivity contribution is -0.155. The van der Waals surface area contributed by atoms with Gasteiger partial charge in [-0.15, -0.1) is 0 Å². The Morgan fingerprint density at radius 2 is 1.94 bits per heavy atom. The van der Waals surface area contributed by atoms with Crippen molar-refractivity contribution in [3.05, 3.63) is 58.9 Å². The second kappa shape index (κ2) is 10.5. The molecule has 1 aliphatic heterocycles. The van der Waals surface area contributed by atoms with Crippen LogP contribution in [0, 0.1) is 11.7 Å². The fourth-order valence-corrected chi connectivity index (χ4v) is 3.60. The lowest BCUT2D eigenvalue weighted by Crippen LogP contribution is -2.33. The van der Waals surface area contributed by atoms with Crippen molar-refractivity contribution < 1.29 is 28.2 Å². The van der Waals surface area contributed by atoms with Crippen LogP contribution in [0.4, 0.5) is 10.1 Å². The van der Waals surface area contributed by atoms with Crippen LogP contribution in [0.3, 0.4) is 0 Å². The van der Waals surface area contributed by atoms with Crippen molar-refractivity contribution in [2.75, 3.05) is 31.7 Å². The molecule has 2 amide bonds. The Kier molecular flexibility index (Phi) is 7.69. The van der Waals surface area contributed by atoms with E-state index in [1.165, 1.54) is 35.0 Å². The Balaban J connectivity index is 1.52. The molecule has 0 aromatic heterocycles. The highest BCUT2D eigenvalue weighted by molar-refractivity contribution is 6.31. The van der Waals surface area contributed by atoms with Gasteiger partial charge in [0.1, 0.15) is 11.6 Å². The number of benzene rings is 2. The second-order valence-corrected chi connectivity index (χ2v) is 7.80. The summed E-state index contributed by atoms with van der Waals surface area (Å²) in [5.41, 5.74) is 0.843. The van der Waals surface area contributed by atoms with E-state index in [9.17, 15) is 18.8 Å². The van der Waals surface area contributed by atoms with Gasteiger partial charge in [0, 0.05) is 42.8 Å². The van der Waals surface area contributed by atoms with Gasteiger partial charge in [-0.05, 0) is 43.3 Å². The Labute approximate surface area is 190 Å². The molecule has 170 valence electrons. The molecule has 2 aromatic rings. The first-order valence-electron chi connectivity index (χ1n) is 10.2. The van der Waals surface area contributed by atoms with Gasteiger partial charge in [0.15, 0.2) is 6.61 Å². The molecule has 9 heteroatoms. The first kappa shape index (κ1) is 23.5. The number of likely N-dealkylation sites (N-methyl/N-ethyl adjacent to an activating group) is 1. The van der Waals surface area contributed by atoms with Gasteiger partial charge >= 0.3 is 5.97 Å². The van der Waals surface area contributed by atoms with Crippen LogP contribution in [-0.4, -0.2) is 49.5 Å². The summed E-state index contributed by atoms with van der Waals surface area (Å²) in [6.07, 6.45) is 0.000902. The molecular formula is C23H24ClFN2O5. The van der Waals surface area contributed by atoms with Crippen LogP contribution in [-0.2, 0) is 25.7 Å². The maximum Gasteiger partial charge on any atom is 0.311 e. The van der Waals surface area contributed by atoms with E-state index in [0.29, 0.717) is 18.0 Å². The van der Waals surface area contributed by atoms with Crippen LogP contribution in [0.15, 0.2) is 42.5 Å². The quantitative estimate of drug-likeness (QED) is 0.562. The molecule has 0 bridgehead atoms. The number of hydrogen-bond donors (Lipinski definition) is 0. The zero-order chi connectivity index (χ0) is 23.3. The van der Waals surface area contributed by atoms with E-state index in [1.807, 2.05) is 6.92 Å². The van der Waals surface area contributed by atoms with Gasteiger partial charge in [-0.1, -0.05) is 17.7 Å². The Morgan fingerprint density at radius 1 is 1.22 bits per heavy atom. The normalized spacial score (nSPS) is 15.6. The highest BCUT2D eigenvalue weighted by Gasteiger charge is 2.36. The molecule has 1 heterocycles. The standard InChI is InChI=1S/C23H24ClFN2O5/c1-3-31-17-9-7-16(8-10-17)27-12-15(11-21(27)28)23(30)32-14-22(29)26(2)13-18-19(24)5-4-6-20(18)25/h4-10,15H,3,11-14H2,1-2H3. The van der Waals surface area contributed by atoms with Crippen molar-refractivity contribution in [3.8, 4) is 5.75 Å². The van der Waals surface area contributed by atoms with Crippen LogP contribution in [0.5, 0.6) is 5.75 Å². The Hall–Kier alpha value is -3.13. The third-order valence-electron chi connectivity index (χ3n) is 5.14. The topological polar surface area (TPSA) is 76.2 Å². The van der Waals surface area contributed by atoms with Crippen molar-refractivity contribution >= 4 is 35.1 Å². The van der Waals surface area contributed by atoms with Gasteiger partial charge in [0.25, 0.3) is 5.91 Å². The molecule has 1 saturated heterocycles. The fourth-order valence-electron chi connectivity index (χ4n) is 3.37. The number of carbonyl (C=O) groups excluding carboxylic acids is 3. The monoisotopic (exact) mass is 462 g/mol. The molecule has 0 N–H and O–H groups in total. The van der Waals surface area contributed by atoms with Gasteiger partial charge in [0.05, 0.1) is 12.5 Å². The lowest BCUT2D eigenvalue weighted by Gasteiger charge is -2.19. The number of hydrogen-bond acceptors (Lipinski definition) is 5. The van der Waals surface area contributed by atoms with Crippen LogP contribution in [0.25, 0.3) is 0 Å². The molecule has 1 atom stereocenters. The molecule has 2 aromatic carbocycles. The van der Waals surface area contributed by atoms with Crippen molar-refractivity contribution in [2.24, 2.45) is 5.92 Å². The van der Waals surface area contributed by atoms with Crippen LogP contribution in [0.2, 0.25) is 5.02 Å². The molecule has 7 nitrogen and oxygen atoms in total. The summed E-state index contributed by atoms with van der Waals surface area (Å²) < 4.78 is 24.4. The van der Waals surface area contributed by atoms with Crippen LogP contribution >= 0.6 is 11.6 Å². The zero-order valence-corrected chi connectivity index (χ0v) is 18.6. The number of ether oxygens (including phenoxy) is 2. The molecule has 3 rings (SSSR count). The highest BCUT2D eigenvalue weighted by atomic mass is 35.5. The molecule has 1 fully saturated rings. The number of carbonyl (C=O) groups is 3. The Bertz CT molecular complexity index is 978. The van der Waals surface area contributed by atoms with Crippen molar-refractivity contribution in [3.63, 3.8) is 0 Å². The summed E-state index contributed by atoms with van der Waals surface area (Å²) >= 11 is 5.99. The van der Waals surface area contributed by atoms with E-state index in [1.54, 1.807) is 24.3 Å². The van der Waals surface area contributed by atoms with E-state index in [4.69, 9.17) is 21.1 Å². The lowest BCUT2D eigenvalue weighted by atomic mass is 10.1. The van der Waals surface area contributed by atoms with Gasteiger partial charge in [0.2, 0.25) is 5.91 Å². The minimum Gasteiger partial charge on any atom is -0.494 e. The number of nitrogens with zero attached hydrogens (tertiary/aromatic N) is 2. The minimum atomic E-state index is -0.673. The number of esters is 1. The smallest absolute Gasteiger partial charge is 0.311 e. The third-order valence-corrected chi connectivity index (χ3v) is 5.49. The van der Waals surface area contributed by atoms with Crippen molar-refractivity contribution in [1.29, 1.82) is 0 Å². The van der Waals surface area contributed by atoms with Gasteiger partial charge in [-0.25, -0.2) is 4.39 Å². The Morgan fingerprint density at radius 3 is 2.59 bits per heavy atom. The summed E-state index contributed by atoms with van der Waals surface area (Å²) in [6.45, 7) is 2.02. The maximum atomic E-state index is 13.9. The summed E-state index contributed by atoms with van der Waals surface area (Å²) in [5.74, 6) is -1.84. The predicted molar refractivity (Wildman–Crippen MR) is 117 cm³/mol. The maximum absolute atomic E-state index is 13.9. The van der Waals surface area contributed by atoms with E-state index in [2.05, 4.69) is 0 Å². The third kappa shape index (κ3) is 5.56. The fraction of sp³-hybridized carbons (Fsp3) is 0.348. The SMILES string of the molecule is CCOc1ccc(N2CC(C(=O)OCC(=O)N(C)Cc3c(F)cccc3Cl)CC2=O)cc1. The molecule has 0 radical (unpaired) electrons. The number of rotatable bonds is 8. The zero-order valence-electron chi connectivity index (χ0n) is 17.8. The number of halogens is 2. The van der Waals surface area contributed by atoms with E-state index < -0.39 is 30.2 Å². The molecule has 0 spiro atoms. The van der Waals surface area contributed by atoms with Crippen molar-refractivity contribution in [2.45, 2.75) is 19.9 Å². The van der Waals surface area contributed by atoms with Gasteiger partial charge < -0.3 is 19.3 Å². The summed E-state index contributed by atoms with van der Waals surface area (Å²) in [5, 5.41) is 0.209. The van der Waals surface area contributed by atoms with Gasteiger partial charge in [-0.3, -0.25) is 14.4 Å². The minimum absolute atomic E-state index is 0.000902. The predicted octanol–water partition coefficient (Wildman–Crippen LogP) is 3.43. The second-order valence-electron chi connectivity index (χ2n) is 7.39. The molecule has 0 saturated carbocycles. The molecule has 1 aliphatic rings. The highest BCUT2D eigenvalue weighted by Crippen LogP contribution is 2.27. The molecular weight excluding hydrogens is 439 g/mol. The molecule has 32 heavy (non-hydrogen) atoms. The summed E-state index contributed by atoms with van der Waals surface area (Å²) in [7, 11) is 1.46. The number of amides is 2. The first-order valence-corrected chi connectivity index (χ1v) is 10.5. The number of anilines is 1. The average Bonchev–Trinajstić information content (AvgIpc) is 3.16.